The number of rotatable bonds is 2. The van der Waals surface area contributed by atoms with Gasteiger partial charge in [-0.1, -0.05) is 0 Å². The van der Waals surface area contributed by atoms with Crippen molar-refractivity contribution in [2.45, 2.75) is 18.9 Å². The molecule has 0 aliphatic carbocycles. The van der Waals surface area contributed by atoms with Crippen LogP contribution < -0.4 is 10.2 Å². The highest BCUT2D eigenvalue weighted by molar-refractivity contribution is 5.31. The first-order chi connectivity index (χ1) is 6.81. The molecule has 1 fully saturated rings. The summed E-state index contributed by atoms with van der Waals surface area (Å²) in [7, 11) is 4.09. The summed E-state index contributed by atoms with van der Waals surface area (Å²) in [4.78, 5) is 6.71. The molecular weight excluding hydrogens is 176 g/mol. The number of hydrogen-bond donors (Lipinski definition) is 1. The molecule has 0 unspecified atom stereocenters. The summed E-state index contributed by atoms with van der Waals surface area (Å²) in [6.07, 6.45) is 6.28. The zero-order chi connectivity index (χ0) is 9.97. The molecule has 2 rings (SSSR count). The predicted octanol–water partition coefficient (Wildman–Crippen LogP) is 0.608. The molecule has 0 bridgehead atoms. The Hall–Kier alpha value is -1.03. The monoisotopic (exact) mass is 194 g/mol. The molecule has 0 amide bonds. The fourth-order valence-corrected chi connectivity index (χ4v) is 2.03. The number of anilines is 1. The van der Waals surface area contributed by atoms with Gasteiger partial charge in [0, 0.05) is 38.6 Å². The molecule has 0 aromatic carbocycles. The molecule has 14 heavy (non-hydrogen) atoms. The van der Waals surface area contributed by atoms with E-state index >= 15 is 0 Å². The molecular formula is C10H18N4. The van der Waals surface area contributed by atoms with E-state index in [0.29, 0.717) is 6.04 Å². The minimum atomic E-state index is 0.687. The van der Waals surface area contributed by atoms with Crippen molar-refractivity contribution < 1.29 is 0 Å². The number of nitrogens with zero attached hydrogens (tertiary/aromatic N) is 3. The van der Waals surface area contributed by atoms with Gasteiger partial charge in [0.05, 0.1) is 0 Å². The first-order valence-corrected chi connectivity index (χ1v) is 5.21. The Labute approximate surface area is 84.9 Å². The van der Waals surface area contributed by atoms with Gasteiger partial charge in [-0.05, 0) is 19.9 Å². The molecule has 1 N–H and O–H groups in total. The average Bonchev–Trinajstić information content (AvgIpc) is 2.65. The first-order valence-electron chi connectivity index (χ1n) is 5.21. The molecule has 1 saturated heterocycles. The Morgan fingerprint density at radius 2 is 2.14 bits per heavy atom. The molecule has 0 radical (unpaired) electrons. The third kappa shape index (κ3) is 1.75. The smallest absolute Gasteiger partial charge is 0.205 e. The van der Waals surface area contributed by atoms with Gasteiger partial charge < -0.3 is 14.8 Å². The molecule has 4 nitrogen and oxygen atoms in total. The molecule has 1 aromatic heterocycles. The Kier molecular flexibility index (Phi) is 2.72. The van der Waals surface area contributed by atoms with Crippen LogP contribution in [0.4, 0.5) is 5.95 Å². The van der Waals surface area contributed by atoms with Crippen LogP contribution in [0.5, 0.6) is 0 Å². The fraction of sp³-hybridized carbons (Fsp3) is 0.700. The van der Waals surface area contributed by atoms with Crippen LogP contribution in [0.3, 0.4) is 0 Å². The standard InChI is InChI=1S/C10H18N4/c1-11-9-3-6-14(7-4-9)10-12-5-8-13(10)2/h5,8-9,11H,3-4,6-7H2,1-2H3. The molecule has 0 atom stereocenters. The van der Waals surface area contributed by atoms with Crippen LogP contribution in [0, 0.1) is 0 Å². The largest absolute Gasteiger partial charge is 0.342 e. The summed E-state index contributed by atoms with van der Waals surface area (Å²) >= 11 is 0. The van der Waals surface area contributed by atoms with Gasteiger partial charge in [-0.3, -0.25) is 0 Å². The van der Waals surface area contributed by atoms with E-state index in [9.17, 15) is 0 Å². The molecule has 4 heteroatoms. The topological polar surface area (TPSA) is 33.1 Å². The summed E-state index contributed by atoms with van der Waals surface area (Å²) in [6.45, 7) is 2.22. The highest BCUT2D eigenvalue weighted by Crippen LogP contribution is 2.16. The maximum absolute atomic E-state index is 4.36. The minimum Gasteiger partial charge on any atom is -0.342 e. The maximum Gasteiger partial charge on any atom is 0.205 e. The van der Waals surface area contributed by atoms with Crippen LogP contribution in [0.25, 0.3) is 0 Å². The summed E-state index contributed by atoms with van der Waals surface area (Å²) in [5.74, 6) is 1.10. The third-order valence-corrected chi connectivity index (χ3v) is 2.98. The van der Waals surface area contributed by atoms with Crippen molar-refractivity contribution in [1.29, 1.82) is 0 Å². The number of hydrogen-bond acceptors (Lipinski definition) is 3. The Morgan fingerprint density at radius 1 is 1.43 bits per heavy atom. The Morgan fingerprint density at radius 3 is 2.64 bits per heavy atom. The van der Waals surface area contributed by atoms with E-state index in [2.05, 4.69) is 19.8 Å². The molecule has 0 saturated carbocycles. The van der Waals surface area contributed by atoms with E-state index in [1.54, 1.807) is 0 Å². The van der Waals surface area contributed by atoms with Gasteiger partial charge >= 0.3 is 0 Å². The predicted molar refractivity (Wildman–Crippen MR) is 57.5 cm³/mol. The fourth-order valence-electron chi connectivity index (χ4n) is 2.03. The molecule has 2 heterocycles. The lowest BCUT2D eigenvalue weighted by molar-refractivity contribution is 0.437. The van der Waals surface area contributed by atoms with Crippen LogP contribution in [0.2, 0.25) is 0 Å². The highest BCUT2D eigenvalue weighted by atomic mass is 15.3. The van der Waals surface area contributed by atoms with Crippen molar-refractivity contribution in [3.8, 4) is 0 Å². The average molecular weight is 194 g/mol. The molecule has 78 valence electrons. The lowest BCUT2D eigenvalue weighted by atomic mass is 10.1. The second-order valence-corrected chi connectivity index (χ2v) is 3.89. The van der Waals surface area contributed by atoms with Crippen LogP contribution in [0.15, 0.2) is 12.4 Å². The highest BCUT2D eigenvalue weighted by Gasteiger charge is 2.19. The summed E-state index contributed by atoms with van der Waals surface area (Å²) in [5, 5.41) is 3.33. The van der Waals surface area contributed by atoms with Gasteiger partial charge in [-0.15, -0.1) is 0 Å². The number of imidazole rings is 1. The Balaban J connectivity index is 1.99. The summed E-state index contributed by atoms with van der Waals surface area (Å²) in [6, 6.07) is 0.687. The zero-order valence-electron chi connectivity index (χ0n) is 8.90. The second-order valence-electron chi connectivity index (χ2n) is 3.89. The minimum absolute atomic E-state index is 0.687. The van der Waals surface area contributed by atoms with Gasteiger partial charge in [0.2, 0.25) is 5.95 Å². The van der Waals surface area contributed by atoms with Crippen LogP contribution >= 0.6 is 0 Å². The van der Waals surface area contributed by atoms with Crippen molar-refractivity contribution in [2.24, 2.45) is 7.05 Å². The molecule has 1 aliphatic heterocycles. The van der Waals surface area contributed by atoms with Gasteiger partial charge in [0.25, 0.3) is 0 Å². The number of piperidine rings is 1. The van der Waals surface area contributed by atoms with Crippen LogP contribution in [-0.2, 0) is 7.05 Å². The summed E-state index contributed by atoms with van der Waals surface area (Å²) in [5.41, 5.74) is 0. The zero-order valence-corrected chi connectivity index (χ0v) is 8.90. The van der Waals surface area contributed by atoms with E-state index in [1.807, 2.05) is 26.5 Å². The first kappa shape index (κ1) is 9.52. The van der Waals surface area contributed by atoms with Crippen molar-refractivity contribution in [3.63, 3.8) is 0 Å². The lowest BCUT2D eigenvalue weighted by Crippen LogP contribution is -2.42. The summed E-state index contributed by atoms with van der Waals surface area (Å²) < 4.78 is 2.08. The van der Waals surface area contributed by atoms with E-state index in [1.165, 1.54) is 12.8 Å². The Bertz CT molecular complexity index is 286. The van der Waals surface area contributed by atoms with E-state index in [0.717, 1.165) is 19.0 Å². The maximum atomic E-state index is 4.36. The van der Waals surface area contributed by atoms with Gasteiger partial charge in [0.15, 0.2) is 0 Å². The van der Waals surface area contributed by atoms with Crippen LogP contribution in [0.1, 0.15) is 12.8 Å². The van der Waals surface area contributed by atoms with Crippen molar-refractivity contribution >= 4 is 5.95 Å². The number of nitrogens with one attached hydrogen (secondary N) is 1. The normalized spacial score (nSPS) is 18.9. The molecule has 0 spiro atoms. The quantitative estimate of drug-likeness (QED) is 0.749. The van der Waals surface area contributed by atoms with Gasteiger partial charge in [-0.2, -0.15) is 0 Å². The van der Waals surface area contributed by atoms with Crippen molar-refractivity contribution in [2.75, 3.05) is 25.0 Å². The van der Waals surface area contributed by atoms with E-state index < -0.39 is 0 Å². The number of aryl methyl sites for hydroxylation is 1. The molecule has 1 aromatic rings. The van der Waals surface area contributed by atoms with Crippen molar-refractivity contribution in [1.82, 2.24) is 14.9 Å². The second kappa shape index (κ2) is 4.00. The molecule has 1 aliphatic rings. The van der Waals surface area contributed by atoms with Gasteiger partial charge in [0.1, 0.15) is 0 Å². The third-order valence-electron chi connectivity index (χ3n) is 2.98. The SMILES string of the molecule is CNC1CCN(c2nccn2C)CC1. The van der Waals surface area contributed by atoms with Crippen molar-refractivity contribution in [3.05, 3.63) is 12.4 Å². The van der Waals surface area contributed by atoms with Gasteiger partial charge in [-0.25, -0.2) is 4.98 Å². The van der Waals surface area contributed by atoms with E-state index in [4.69, 9.17) is 0 Å². The van der Waals surface area contributed by atoms with Crippen LogP contribution in [-0.4, -0.2) is 35.7 Å². The number of aromatic nitrogens is 2. The lowest BCUT2D eigenvalue weighted by Gasteiger charge is -2.32. The van der Waals surface area contributed by atoms with E-state index in [-0.39, 0.29) is 0 Å².